The van der Waals surface area contributed by atoms with E-state index in [-0.39, 0.29) is 24.9 Å². The Kier molecular flexibility index (Phi) is 8.96. The van der Waals surface area contributed by atoms with Gasteiger partial charge < -0.3 is 25.0 Å². The molecule has 7 nitrogen and oxygen atoms in total. The molecule has 1 amide bonds. The monoisotopic (exact) mass is 458 g/mol. The lowest BCUT2D eigenvalue weighted by atomic mass is 10.1. The molecule has 0 bridgehead atoms. The van der Waals surface area contributed by atoms with Gasteiger partial charge in [-0.1, -0.05) is 41.9 Å². The van der Waals surface area contributed by atoms with Crippen LogP contribution in [0.4, 0.5) is 4.79 Å². The second-order valence-electron chi connectivity index (χ2n) is 5.70. The first kappa shape index (κ1) is 21.6. The number of aliphatic hydroxyl groups is 2. The van der Waals surface area contributed by atoms with E-state index in [2.05, 4.69) is 26.2 Å². The van der Waals surface area contributed by atoms with Crippen LogP contribution in [0.5, 0.6) is 0 Å². The average molecular weight is 460 g/mol. The van der Waals surface area contributed by atoms with Gasteiger partial charge in [-0.2, -0.15) is 0 Å². The molecule has 9 heteroatoms. The van der Waals surface area contributed by atoms with Gasteiger partial charge in [0.2, 0.25) is 0 Å². The summed E-state index contributed by atoms with van der Waals surface area (Å²) in [6.07, 6.45) is -2.68. The Morgan fingerprint density at radius 3 is 2.67 bits per heavy atom. The topological polar surface area (TPSA) is 101 Å². The molecule has 27 heavy (non-hydrogen) atoms. The van der Waals surface area contributed by atoms with Crippen LogP contribution >= 0.6 is 27.5 Å². The minimum atomic E-state index is -0.978. The summed E-state index contributed by atoms with van der Waals surface area (Å²) in [6.45, 7) is 0.101. The SMILES string of the molecule is O=C(NCC(O)c1cc(Cl)nc(Br)c1)OC[C@H](O)COCc1ccccc1. The van der Waals surface area contributed by atoms with Gasteiger partial charge >= 0.3 is 6.09 Å². The minimum absolute atomic E-state index is 0.0361. The molecule has 2 rings (SSSR count). The number of nitrogens with one attached hydrogen (secondary N) is 1. The maximum atomic E-state index is 11.7. The zero-order chi connectivity index (χ0) is 19.6. The molecular formula is C18H20BrClN2O5. The number of benzene rings is 1. The van der Waals surface area contributed by atoms with E-state index in [0.717, 1.165) is 5.56 Å². The molecule has 0 fully saturated rings. The van der Waals surface area contributed by atoms with E-state index in [9.17, 15) is 15.0 Å². The van der Waals surface area contributed by atoms with E-state index in [4.69, 9.17) is 21.1 Å². The summed E-state index contributed by atoms with van der Waals surface area (Å²) in [5, 5.41) is 22.5. The van der Waals surface area contributed by atoms with Gasteiger partial charge in [0.25, 0.3) is 0 Å². The summed E-state index contributed by atoms with van der Waals surface area (Å²) >= 11 is 9.00. The zero-order valence-electron chi connectivity index (χ0n) is 14.3. The Bertz CT molecular complexity index is 715. The van der Waals surface area contributed by atoms with Gasteiger partial charge in [-0.3, -0.25) is 0 Å². The van der Waals surface area contributed by atoms with Gasteiger partial charge in [-0.15, -0.1) is 0 Å². The largest absolute Gasteiger partial charge is 0.447 e. The van der Waals surface area contributed by atoms with Crippen LogP contribution in [0.15, 0.2) is 47.1 Å². The van der Waals surface area contributed by atoms with Crippen LogP contribution in [0.1, 0.15) is 17.2 Å². The highest BCUT2D eigenvalue weighted by atomic mass is 79.9. The van der Waals surface area contributed by atoms with Crippen molar-refractivity contribution in [1.82, 2.24) is 10.3 Å². The molecule has 0 saturated carbocycles. The van der Waals surface area contributed by atoms with Crippen molar-refractivity contribution in [2.75, 3.05) is 19.8 Å². The Hall–Kier alpha value is -1.71. The van der Waals surface area contributed by atoms with E-state index >= 15 is 0 Å². The smallest absolute Gasteiger partial charge is 0.407 e. The number of alkyl carbamates (subject to hydrolysis) is 1. The third-order valence-corrected chi connectivity index (χ3v) is 4.04. The van der Waals surface area contributed by atoms with Crippen LogP contribution < -0.4 is 5.32 Å². The highest BCUT2D eigenvalue weighted by molar-refractivity contribution is 9.10. The molecule has 1 unspecified atom stereocenters. The van der Waals surface area contributed by atoms with E-state index in [0.29, 0.717) is 16.8 Å². The van der Waals surface area contributed by atoms with E-state index in [1.54, 1.807) is 6.07 Å². The van der Waals surface area contributed by atoms with Gasteiger partial charge in [-0.25, -0.2) is 9.78 Å². The highest BCUT2D eigenvalue weighted by Crippen LogP contribution is 2.20. The van der Waals surface area contributed by atoms with Crippen LogP contribution in [-0.2, 0) is 16.1 Å². The molecule has 0 aliphatic rings. The molecule has 0 saturated heterocycles. The first-order chi connectivity index (χ1) is 12.9. The van der Waals surface area contributed by atoms with Crippen LogP contribution in [0.2, 0.25) is 5.15 Å². The zero-order valence-corrected chi connectivity index (χ0v) is 16.7. The predicted molar refractivity (Wildman–Crippen MR) is 103 cm³/mol. The van der Waals surface area contributed by atoms with Gasteiger partial charge in [0.05, 0.1) is 25.9 Å². The molecule has 0 aliphatic heterocycles. The van der Waals surface area contributed by atoms with E-state index in [1.807, 2.05) is 30.3 Å². The third-order valence-electron chi connectivity index (χ3n) is 3.44. The molecular weight excluding hydrogens is 440 g/mol. The molecule has 0 radical (unpaired) electrons. The molecule has 3 N–H and O–H groups in total. The van der Waals surface area contributed by atoms with Crippen LogP contribution in [0, 0.1) is 0 Å². The molecule has 0 aliphatic carbocycles. The van der Waals surface area contributed by atoms with Gasteiger partial charge in [0.15, 0.2) is 0 Å². The number of hydrogen-bond acceptors (Lipinski definition) is 6. The van der Waals surface area contributed by atoms with Crippen molar-refractivity contribution in [3.8, 4) is 0 Å². The molecule has 2 atom stereocenters. The van der Waals surface area contributed by atoms with Gasteiger partial charge in [0.1, 0.15) is 22.5 Å². The van der Waals surface area contributed by atoms with E-state index in [1.165, 1.54) is 6.07 Å². The number of hydrogen-bond donors (Lipinski definition) is 3. The van der Waals surface area contributed by atoms with Gasteiger partial charge in [-0.05, 0) is 39.2 Å². The maximum Gasteiger partial charge on any atom is 0.407 e. The van der Waals surface area contributed by atoms with Gasteiger partial charge in [0, 0.05) is 0 Å². The fourth-order valence-corrected chi connectivity index (χ4v) is 2.91. The number of carbonyl (C=O) groups is 1. The molecule has 146 valence electrons. The first-order valence-corrected chi connectivity index (χ1v) is 9.32. The summed E-state index contributed by atoms with van der Waals surface area (Å²) < 4.78 is 10.7. The highest BCUT2D eigenvalue weighted by Gasteiger charge is 2.13. The fraction of sp³-hybridized carbons (Fsp3) is 0.333. The summed E-state index contributed by atoms with van der Waals surface area (Å²) in [4.78, 5) is 15.6. The standard InChI is InChI=1S/C18H20BrClN2O5/c19-16-6-13(7-17(20)22-16)15(24)8-21-18(25)27-11-14(23)10-26-9-12-4-2-1-3-5-12/h1-7,14-15,23-24H,8-11H2,(H,21,25)/t14-,15?/m1/s1. The minimum Gasteiger partial charge on any atom is -0.447 e. The molecule has 2 aromatic rings. The molecule has 1 aromatic carbocycles. The lowest BCUT2D eigenvalue weighted by Crippen LogP contribution is -2.32. The van der Waals surface area contributed by atoms with Crippen molar-refractivity contribution in [1.29, 1.82) is 0 Å². The van der Waals surface area contributed by atoms with Crippen LogP contribution in [-0.4, -0.2) is 47.2 Å². The third kappa shape index (κ3) is 8.23. The second kappa shape index (κ2) is 11.2. The summed E-state index contributed by atoms with van der Waals surface area (Å²) in [7, 11) is 0. The number of rotatable bonds is 9. The Morgan fingerprint density at radius 1 is 1.22 bits per heavy atom. The maximum absolute atomic E-state index is 11.7. The number of aliphatic hydroxyl groups excluding tert-OH is 2. The fourth-order valence-electron chi connectivity index (χ4n) is 2.13. The Morgan fingerprint density at radius 2 is 1.96 bits per heavy atom. The van der Waals surface area contributed by atoms with Crippen molar-refractivity contribution < 1.29 is 24.5 Å². The number of aromatic nitrogens is 1. The average Bonchev–Trinajstić information content (AvgIpc) is 2.64. The number of carbonyl (C=O) groups excluding carboxylic acids is 1. The quantitative estimate of drug-likeness (QED) is 0.499. The summed E-state index contributed by atoms with van der Waals surface area (Å²) in [5.41, 5.74) is 1.48. The number of amides is 1. The lowest BCUT2D eigenvalue weighted by molar-refractivity contribution is -0.00594. The second-order valence-corrected chi connectivity index (χ2v) is 6.90. The number of nitrogens with zero attached hydrogens (tertiary/aromatic N) is 1. The molecule has 1 aromatic heterocycles. The van der Waals surface area contributed by atoms with E-state index < -0.39 is 18.3 Å². The first-order valence-electron chi connectivity index (χ1n) is 8.15. The summed E-state index contributed by atoms with van der Waals surface area (Å²) in [5.74, 6) is 0. The number of pyridine rings is 1. The molecule has 1 heterocycles. The lowest BCUT2D eigenvalue weighted by Gasteiger charge is -2.15. The van der Waals surface area contributed by atoms with Crippen molar-refractivity contribution in [3.05, 3.63) is 63.3 Å². The van der Waals surface area contributed by atoms with Crippen molar-refractivity contribution >= 4 is 33.6 Å². The Balaban J connectivity index is 1.63. The van der Waals surface area contributed by atoms with Crippen molar-refractivity contribution in [3.63, 3.8) is 0 Å². The summed E-state index contributed by atoms with van der Waals surface area (Å²) in [6, 6.07) is 12.6. The Labute approximate surface area is 170 Å². The van der Waals surface area contributed by atoms with Crippen molar-refractivity contribution in [2.45, 2.75) is 18.8 Å². The predicted octanol–water partition coefficient (Wildman–Crippen LogP) is 2.83. The number of ether oxygens (including phenoxy) is 2. The molecule has 0 spiro atoms. The van der Waals surface area contributed by atoms with Crippen molar-refractivity contribution in [2.24, 2.45) is 0 Å². The normalized spacial score (nSPS) is 13.0. The van der Waals surface area contributed by atoms with Crippen LogP contribution in [0.25, 0.3) is 0 Å². The van der Waals surface area contributed by atoms with Crippen LogP contribution in [0.3, 0.4) is 0 Å². The number of halogens is 2.